The highest BCUT2D eigenvalue weighted by atomic mass is 79.9. The maximum absolute atomic E-state index is 5.90. The summed E-state index contributed by atoms with van der Waals surface area (Å²) in [6.45, 7) is 2.41. The van der Waals surface area contributed by atoms with Crippen molar-refractivity contribution in [3.63, 3.8) is 0 Å². The zero-order chi connectivity index (χ0) is 13.1. The topological polar surface area (TPSA) is 63.8 Å². The zero-order valence-corrected chi connectivity index (χ0v) is 12.1. The van der Waals surface area contributed by atoms with Gasteiger partial charge in [-0.1, -0.05) is 34.1 Å². The van der Waals surface area contributed by atoms with Gasteiger partial charge in [-0.25, -0.2) is 4.98 Å². The number of nitrogen functional groups attached to an aromatic ring is 1. The van der Waals surface area contributed by atoms with E-state index in [4.69, 9.17) is 17.3 Å². The van der Waals surface area contributed by atoms with E-state index in [2.05, 4.69) is 31.2 Å². The van der Waals surface area contributed by atoms with Crippen LogP contribution in [-0.2, 0) is 6.54 Å². The third kappa shape index (κ3) is 2.91. The number of aryl methyl sites for hydroxylation is 1. The summed E-state index contributed by atoms with van der Waals surface area (Å²) in [7, 11) is 0. The van der Waals surface area contributed by atoms with E-state index in [0.717, 1.165) is 10.0 Å². The van der Waals surface area contributed by atoms with Crippen molar-refractivity contribution in [2.24, 2.45) is 0 Å². The van der Waals surface area contributed by atoms with Crippen molar-refractivity contribution in [2.45, 2.75) is 13.5 Å². The maximum Gasteiger partial charge on any atom is 0.224 e. The Bertz CT molecular complexity index is 574. The van der Waals surface area contributed by atoms with Crippen molar-refractivity contribution >= 4 is 39.0 Å². The average molecular weight is 328 g/mol. The number of benzene rings is 1. The molecule has 0 radical (unpaired) electrons. The molecule has 0 unspecified atom stereocenters. The molecule has 0 atom stereocenters. The van der Waals surface area contributed by atoms with Crippen LogP contribution in [0.5, 0.6) is 0 Å². The van der Waals surface area contributed by atoms with E-state index in [0.29, 0.717) is 23.7 Å². The molecule has 6 heteroatoms. The molecule has 1 heterocycles. The van der Waals surface area contributed by atoms with E-state index < -0.39 is 0 Å². The number of nitrogens with zero attached hydrogens (tertiary/aromatic N) is 2. The molecule has 0 aliphatic carbocycles. The number of hydrogen-bond donors (Lipinski definition) is 2. The molecule has 3 N–H and O–H groups in total. The van der Waals surface area contributed by atoms with Crippen molar-refractivity contribution in [1.82, 2.24) is 9.97 Å². The first-order valence-electron chi connectivity index (χ1n) is 5.35. The van der Waals surface area contributed by atoms with Crippen LogP contribution in [0.1, 0.15) is 11.3 Å². The van der Waals surface area contributed by atoms with Crippen molar-refractivity contribution < 1.29 is 0 Å². The van der Waals surface area contributed by atoms with Gasteiger partial charge in [0.15, 0.2) is 5.82 Å². The van der Waals surface area contributed by atoms with Gasteiger partial charge in [0.05, 0.1) is 11.4 Å². The molecule has 2 rings (SSSR count). The molecule has 0 aliphatic rings. The minimum atomic E-state index is 0.191. The molecule has 0 fully saturated rings. The standard InChI is InChI=1S/C12H12BrClN4/c1-7-10(15)11(18-12(14)17-7)16-6-8-4-2-3-5-9(8)13/h2-5H,6,15H2,1H3,(H,16,17,18). The third-order valence-corrected chi connectivity index (χ3v) is 3.46. The van der Waals surface area contributed by atoms with Crippen LogP contribution in [0.25, 0.3) is 0 Å². The lowest BCUT2D eigenvalue weighted by atomic mass is 10.2. The minimum Gasteiger partial charge on any atom is -0.394 e. The number of rotatable bonds is 3. The highest BCUT2D eigenvalue weighted by Crippen LogP contribution is 2.22. The van der Waals surface area contributed by atoms with Crippen LogP contribution >= 0.6 is 27.5 Å². The molecule has 18 heavy (non-hydrogen) atoms. The summed E-state index contributed by atoms with van der Waals surface area (Å²) >= 11 is 9.30. The van der Waals surface area contributed by atoms with Crippen molar-refractivity contribution in [3.05, 3.63) is 45.3 Å². The highest BCUT2D eigenvalue weighted by Gasteiger charge is 2.08. The fourth-order valence-electron chi connectivity index (χ4n) is 1.50. The summed E-state index contributed by atoms with van der Waals surface area (Å²) in [6.07, 6.45) is 0. The van der Waals surface area contributed by atoms with Gasteiger partial charge in [-0.2, -0.15) is 4.98 Å². The highest BCUT2D eigenvalue weighted by molar-refractivity contribution is 9.10. The number of nitrogens with one attached hydrogen (secondary N) is 1. The number of aromatic nitrogens is 2. The second-order valence-corrected chi connectivity index (χ2v) is 4.98. The van der Waals surface area contributed by atoms with Gasteiger partial charge in [-0.15, -0.1) is 0 Å². The molecule has 2 aromatic rings. The fourth-order valence-corrected chi connectivity index (χ4v) is 2.14. The molecule has 4 nitrogen and oxygen atoms in total. The third-order valence-electron chi connectivity index (χ3n) is 2.51. The molecule has 1 aromatic carbocycles. The summed E-state index contributed by atoms with van der Waals surface area (Å²) in [5.41, 5.74) is 8.20. The summed E-state index contributed by atoms with van der Waals surface area (Å²) in [5.74, 6) is 0.559. The summed E-state index contributed by atoms with van der Waals surface area (Å²) in [4.78, 5) is 8.07. The van der Waals surface area contributed by atoms with E-state index in [-0.39, 0.29) is 5.28 Å². The summed E-state index contributed by atoms with van der Waals surface area (Å²) in [6, 6.07) is 7.94. The van der Waals surface area contributed by atoms with Crippen LogP contribution in [0.4, 0.5) is 11.5 Å². The monoisotopic (exact) mass is 326 g/mol. The Morgan fingerprint density at radius 3 is 2.78 bits per heavy atom. The van der Waals surface area contributed by atoms with Crippen LogP contribution in [-0.4, -0.2) is 9.97 Å². The lowest BCUT2D eigenvalue weighted by Crippen LogP contribution is -2.07. The van der Waals surface area contributed by atoms with Gasteiger partial charge in [0, 0.05) is 11.0 Å². The van der Waals surface area contributed by atoms with Gasteiger partial charge in [0.2, 0.25) is 5.28 Å². The largest absolute Gasteiger partial charge is 0.394 e. The first-order chi connectivity index (χ1) is 8.58. The van der Waals surface area contributed by atoms with Crippen molar-refractivity contribution in [2.75, 3.05) is 11.1 Å². The molecule has 0 aliphatic heterocycles. The minimum absolute atomic E-state index is 0.191. The lowest BCUT2D eigenvalue weighted by Gasteiger charge is -2.11. The van der Waals surface area contributed by atoms with Crippen molar-refractivity contribution in [3.8, 4) is 0 Å². The quantitative estimate of drug-likeness (QED) is 0.848. The van der Waals surface area contributed by atoms with Crippen LogP contribution in [0.15, 0.2) is 28.7 Å². The van der Waals surface area contributed by atoms with Gasteiger partial charge in [0.25, 0.3) is 0 Å². The molecule has 0 spiro atoms. The fraction of sp³-hybridized carbons (Fsp3) is 0.167. The van der Waals surface area contributed by atoms with E-state index in [1.807, 2.05) is 24.3 Å². The van der Waals surface area contributed by atoms with E-state index >= 15 is 0 Å². The van der Waals surface area contributed by atoms with E-state index in [9.17, 15) is 0 Å². The van der Waals surface area contributed by atoms with Gasteiger partial charge in [-0.05, 0) is 30.2 Å². The van der Waals surface area contributed by atoms with Gasteiger partial charge < -0.3 is 11.1 Å². The Morgan fingerprint density at radius 2 is 2.06 bits per heavy atom. The molecule has 94 valence electrons. The molecule has 0 saturated heterocycles. The van der Waals surface area contributed by atoms with E-state index in [1.165, 1.54) is 0 Å². The molecule has 0 saturated carbocycles. The van der Waals surface area contributed by atoms with E-state index in [1.54, 1.807) is 6.92 Å². The number of nitrogens with two attached hydrogens (primary N) is 1. The van der Waals surface area contributed by atoms with Gasteiger partial charge >= 0.3 is 0 Å². The van der Waals surface area contributed by atoms with Crippen molar-refractivity contribution in [1.29, 1.82) is 0 Å². The van der Waals surface area contributed by atoms with Gasteiger partial charge in [-0.3, -0.25) is 0 Å². The van der Waals surface area contributed by atoms with Crippen LogP contribution in [0.2, 0.25) is 5.28 Å². The number of anilines is 2. The zero-order valence-electron chi connectivity index (χ0n) is 9.74. The molecule has 0 amide bonds. The Hall–Kier alpha value is -1.33. The van der Waals surface area contributed by atoms with Crippen LogP contribution < -0.4 is 11.1 Å². The first-order valence-corrected chi connectivity index (χ1v) is 6.52. The Morgan fingerprint density at radius 1 is 1.33 bits per heavy atom. The Balaban J connectivity index is 2.18. The molecule has 0 bridgehead atoms. The predicted molar refractivity (Wildman–Crippen MR) is 77.7 cm³/mol. The summed E-state index contributed by atoms with van der Waals surface area (Å²) in [5, 5.41) is 3.35. The first kappa shape index (κ1) is 13.1. The smallest absolute Gasteiger partial charge is 0.224 e. The Labute approximate surface area is 119 Å². The molecular weight excluding hydrogens is 316 g/mol. The second-order valence-electron chi connectivity index (χ2n) is 3.79. The lowest BCUT2D eigenvalue weighted by molar-refractivity contribution is 1.06. The van der Waals surface area contributed by atoms with Crippen LogP contribution in [0.3, 0.4) is 0 Å². The normalized spacial score (nSPS) is 10.4. The predicted octanol–water partition coefficient (Wildman–Crippen LogP) is 3.40. The number of halogens is 2. The SMILES string of the molecule is Cc1nc(Cl)nc(NCc2ccccc2Br)c1N. The van der Waals surface area contributed by atoms with Crippen LogP contribution in [0, 0.1) is 6.92 Å². The Kier molecular flexibility index (Phi) is 4.04. The summed E-state index contributed by atoms with van der Waals surface area (Å²) < 4.78 is 1.04. The molecule has 1 aromatic heterocycles. The number of hydrogen-bond acceptors (Lipinski definition) is 4. The maximum atomic E-state index is 5.90. The van der Waals surface area contributed by atoms with Gasteiger partial charge in [0.1, 0.15) is 0 Å². The average Bonchev–Trinajstić information content (AvgIpc) is 2.33. The molecular formula is C12H12BrClN4. The second kappa shape index (κ2) is 5.54.